The van der Waals surface area contributed by atoms with Gasteiger partial charge in [0.05, 0.1) is 5.71 Å². The average molecular weight is 260 g/mol. The lowest BCUT2D eigenvalue weighted by Gasteiger charge is -2.28. The molecule has 1 saturated heterocycles. The molecule has 5 heteroatoms. The molecule has 1 aliphatic rings. The fraction of sp³-hybridized carbons (Fsp3) is 0.429. The molecule has 2 amide bonds. The third kappa shape index (κ3) is 3.71. The highest BCUT2D eigenvalue weighted by Crippen LogP contribution is 2.20. The number of hydrazone groups is 1. The molecule has 1 fully saturated rings. The second-order valence-electron chi connectivity index (χ2n) is 4.77. The summed E-state index contributed by atoms with van der Waals surface area (Å²) >= 11 is 0. The van der Waals surface area contributed by atoms with Gasteiger partial charge in [0.15, 0.2) is 0 Å². The molecule has 0 unspecified atom stereocenters. The number of hydrogen-bond acceptors (Lipinski definition) is 3. The minimum Gasteiger partial charge on any atom is -0.372 e. The zero-order chi connectivity index (χ0) is 13.7. The zero-order valence-electron chi connectivity index (χ0n) is 11.2. The molecule has 1 heterocycles. The van der Waals surface area contributed by atoms with Gasteiger partial charge in [-0.15, -0.1) is 0 Å². The highest BCUT2D eigenvalue weighted by molar-refractivity contribution is 5.99. The monoisotopic (exact) mass is 260 g/mol. The van der Waals surface area contributed by atoms with Crippen LogP contribution in [-0.4, -0.2) is 24.8 Å². The van der Waals surface area contributed by atoms with Crippen LogP contribution in [0.15, 0.2) is 29.4 Å². The van der Waals surface area contributed by atoms with Gasteiger partial charge in [0, 0.05) is 18.8 Å². The van der Waals surface area contributed by atoms with Crippen molar-refractivity contribution in [2.75, 3.05) is 18.0 Å². The zero-order valence-corrected chi connectivity index (χ0v) is 11.2. The molecule has 0 atom stereocenters. The Kier molecular flexibility index (Phi) is 4.39. The molecule has 1 aliphatic heterocycles. The predicted octanol–water partition coefficient (Wildman–Crippen LogP) is 2.07. The van der Waals surface area contributed by atoms with E-state index in [1.54, 1.807) is 0 Å². The Morgan fingerprint density at radius 1 is 1.21 bits per heavy atom. The predicted molar refractivity (Wildman–Crippen MR) is 77.4 cm³/mol. The van der Waals surface area contributed by atoms with Gasteiger partial charge >= 0.3 is 6.03 Å². The lowest BCUT2D eigenvalue weighted by atomic mass is 10.1. The topological polar surface area (TPSA) is 70.7 Å². The number of carbonyl (C=O) groups is 1. The van der Waals surface area contributed by atoms with Crippen LogP contribution >= 0.6 is 0 Å². The third-order valence-corrected chi connectivity index (χ3v) is 3.34. The number of urea groups is 1. The molecule has 0 spiro atoms. The maximum absolute atomic E-state index is 10.6. The Labute approximate surface area is 113 Å². The van der Waals surface area contributed by atoms with Crippen molar-refractivity contribution in [1.82, 2.24) is 5.43 Å². The molecule has 19 heavy (non-hydrogen) atoms. The highest BCUT2D eigenvalue weighted by atomic mass is 16.2. The molecule has 1 aromatic rings. The molecule has 0 radical (unpaired) electrons. The summed E-state index contributed by atoms with van der Waals surface area (Å²) in [6.45, 7) is 4.11. The lowest BCUT2D eigenvalue weighted by Crippen LogP contribution is -2.29. The van der Waals surface area contributed by atoms with E-state index in [4.69, 9.17) is 5.73 Å². The van der Waals surface area contributed by atoms with E-state index in [0.717, 1.165) is 24.4 Å². The smallest absolute Gasteiger partial charge is 0.332 e. The summed E-state index contributed by atoms with van der Waals surface area (Å²) in [6, 6.07) is 7.59. The molecule has 3 N–H and O–H groups in total. The van der Waals surface area contributed by atoms with Gasteiger partial charge in [-0.25, -0.2) is 10.2 Å². The summed E-state index contributed by atoms with van der Waals surface area (Å²) in [5, 5.41) is 3.91. The SMILES string of the molecule is C/C(=N\NC(N)=O)c1ccc(N2CCCCC2)cc1. The van der Waals surface area contributed by atoms with Crippen molar-refractivity contribution < 1.29 is 4.79 Å². The van der Waals surface area contributed by atoms with Crippen LogP contribution in [0.25, 0.3) is 0 Å². The molecule has 0 saturated carbocycles. The van der Waals surface area contributed by atoms with E-state index in [1.807, 2.05) is 19.1 Å². The van der Waals surface area contributed by atoms with Crippen LogP contribution in [0.1, 0.15) is 31.7 Å². The quantitative estimate of drug-likeness (QED) is 0.645. The van der Waals surface area contributed by atoms with Crippen LogP contribution in [0, 0.1) is 0 Å². The van der Waals surface area contributed by atoms with Crippen molar-refractivity contribution in [2.45, 2.75) is 26.2 Å². The van der Waals surface area contributed by atoms with Crippen LogP contribution in [0.4, 0.5) is 10.5 Å². The van der Waals surface area contributed by atoms with E-state index in [0.29, 0.717) is 0 Å². The van der Waals surface area contributed by atoms with Gasteiger partial charge in [0.25, 0.3) is 0 Å². The number of anilines is 1. The summed E-state index contributed by atoms with van der Waals surface area (Å²) in [7, 11) is 0. The van der Waals surface area contributed by atoms with Gasteiger partial charge < -0.3 is 10.6 Å². The first kappa shape index (κ1) is 13.4. The number of hydrogen-bond donors (Lipinski definition) is 2. The van der Waals surface area contributed by atoms with Crippen LogP contribution in [-0.2, 0) is 0 Å². The Morgan fingerprint density at radius 2 is 1.84 bits per heavy atom. The average Bonchev–Trinajstić information content (AvgIpc) is 2.46. The van der Waals surface area contributed by atoms with E-state index in [2.05, 4.69) is 27.6 Å². The number of nitrogens with two attached hydrogens (primary N) is 1. The van der Waals surface area contributed by atoms with Crippen LogP contribution in [0.5, 0.6) is 0 Å². The highest BCUT2D eigenvalue weighted by Gasteiger charge is 2.10. The maximum atomic E-state index is 10.6. The molecule has 5 nitrogen and oxygen atoms in total. The van der Waals surface area contributed by atoms with Gasteiger partial charge in [0.2, 0.25) is 0 Å². The minimum absolute atomic E-state index is 0.649. The summed E-state index contributed by atoms with van der Waals surface area (Å²) in [6.07, 6.45) is 3.87. The number of piperidine rings is 1. The van der Waals surface area contributed by atoms with Crippen molar-refractivity contribution in [3.63, 3.8) is 0 Å². The van der Waals surface area contributed by atoms with Crippen molar-refractivity contribution in [3.8, 4) is 0 Å². The summed E-state index contributed by atoms with van der Waals surface area (Å²) in [4.78, 5) is 13.0. The van der Waals surface area contributed by atoms with E-state index >= 15 is 0 Å². The summed E-state index contributed by atoms with van der Waals surface area (Å²) < 4.78 is 0. The van der Waals surface area contributed by atoms with Gasteiger partial charge in [-0.3, -0.25) is 0 Å². The van der Waals surface area contributed by atoms with E-state index < -0.39 is 6.03 Å². The third-order valence-electron chi connectivity index (χ3n) is 3.34. The largest absolute Gasteiger partial charge is 0.372 e. The van der Waals surface area contributed by atoms with Gasteiger partial charge in [-0.05, 0) is 43.9 Å². The van der Waals surface area contributed by atoms with Crippen molar-refractivity contribution >= 4 is 17.4 Å². The van der Waals surface area contributed by atoms with Crippen LogP contribution < -0.4 is 16.1 Å². The van der Waals surface area contributed by atoms with Gasteiger partial charge in [-0.2, -0.15) is 5.10 Å². The number of benzene rings is 1. The van der Waals surface area contributed by atoms with Gasteiger partial charge in [-0.1, -0.05) is 12.1 Å². The second-order valence-corrected chi connectivity index (χ2v) is 4.77. The van der Waals surface area contributed by atoms with Gasteiger partial charge in [0.1, 0.15) is 0 Å². The van der Waals surface area contributed by atoms with E-state index in [-0.39, 0.29) is 0 Å². The first-order chi connectivity index (χ1) is 9.16. The van der Waals surface area contributed by atoms with Crippen molar-refractivity contribution in [3.05, 3.63) is 29.8 Å². The Hall–Kier alpha value is -2.04. The van der Waals surface area contributed by atoms with E-state index in [9.17, 15) is 4.79 Å². The number of nitrogens with zero attached hydrogens (tertiary/aromatic N) is 2. The van der Waals surface area contributed by atoms with Crippen molar-refractivity contribution in [2.24, 2.45) is 10.8 Å². The normalized spacial score (nSPS) is 16.3. The molecular weight excluding hydrogens is 240 g/mol. The molecule has 102 valence electrons. The molecule has 0 aromatic heterocycles. The maximum Gasteiger partial charge on any atom is 0.332 e. The first-order valence-electron chi connectivity index (χ1n) is 6.62. The Balaban J connectivity index is 2.05. The molecule has 0 aliphatic carbocycles. The number of primary amides is 1. The summed E-state index contributed by atoms with van der Waals surface area (Å²) in [5.41, 5.74) is 10.2. The molecule has 1 aromatic carbocycles. The van der Waals surface area contributed by atoms with Crippen LogP contribution in [0.2, 0.25) is 0 Å². The fourth-order valence-corrected chi connectivity index (χ4v) is 2.27. The van der Waals surface area contributed by atoms with Crippen molar-refractivity contribution in [1.29, 1.82) is 0 Å². The number of rotatable bonds is 3. The standard InChI is InChI=1S/C14H20N4O/c1-11(16-17-14(15)19)12-5-7-13(8-6-12)18-9-3-2-4-10-18/h5-8H,2-4,9-10H2,1H3,(H3,15,17,19)/b16-11+. The Bertz CT molecular complexity index is 461. The Morgan fingerprint density at radius 3 is 2.42 bits per heavy atom. The molecular formula is C14H20N4O. The van der Waals surface area contributed by atoms with E-state index in [1.165, 1.54) is 24.9 Å². The number of carbonyl (C=O) groups excluding carboxylic acids is 1. The first-order valence-corrected chi connectivity index (χ1v) is 6.62. The number of nitrogens with one attached hydrogen (secondary N) is 1. The molecule has 2 rings (SSSR count). The fourth-order valence-electron chi connectivity index (χ4n) is 2.27. The second kappa shape index (κ2) is 6.22. The molecule has 0 bridgehead atoms. The summed E-state index contributed by atoms with van der Waals surface area (Å²) in [5.74, 6) is 0. The van der Waals surface area contributed by atoms with Crippen LogP contribution in [0.3, 0.4) is 0 Å². The number of amides is 2. The minimum atomic E-state index is -0.649. The lowest BCUT2D eigenvalue weighted by molar-refractivity contribution is 0.249.